The number of likely N-dealkylation sites (tertiary alicyclic amines) is 1. The molecule has 1 fully saturated rings. The number of hydrogen-bond acceptors (Lipinski definition) is 5. The topological polar surface area (TPSA) is 68.6 Å². The van der Waals surface area contributed by atoms with Crippen molar-refractivity contribution >= 4 is 6.09 Å². The van der Waals surface area contributed by atoms with Gasteiger partial charge in [-0.25, -0.2) is 4.79 Å². The van der Waals surface area contributed by atoms with Crippen molar-refractivity contribution in [3.63, 3.8) is 0 Å². The number of ether oxygens (including phenoxy) is 2. The van der Waals surface area contributed by atoms with Crippen LogP contribution in [0.15, 0.2) is 12.3 Å². The molecule has 1 aromatic rings. The Bertz CT molecular complexity index is 509. The van der Waals surface area contributed by atoms with Crippen LogP contribution < -0.4 is 5.32 Å². The first kappa shape index (κ1) is 16.8. The Kier molecular flexibility index (Phi) is 5.08. The van der Waals surface area contributed by atoms with Crippen LogP contribution in [0.4, 0.5) is 4.79 Å². The summed E-state index contributed by atoms with van der Waals surface area (Å²) in [6.07, 6.45) is 1.44. The van der Waals surface area contributed by atoms with E-state index in [1.54, 1.807) is 18.2 Å². The van der Waals surface area contributed by atoms with Crippen molar-refractivity contribution < 1.29 is 14.3 Å². The predicted molar refractivity (Wildman–Crippen MR) is 82.4 cm³/mol. The van der Waals surface area contributed by atoms with Gasteiger partial charge < -0.3 is 19.7 Å². The maximum Gasteiger partial charge on any atom is 0.410 e. The average Bonchev–Trinajstić information content (AvgIpc) is 3.00. The Balaban J connectivity index is 1.92. The van der Waals surface area contributed by atoms with E-state index in [-0.39, 0.29) is 18.2 Å². The SMILES string of the molecule is CO[C@H]1CN(C(=O)OC(C)(C)C)CC1NCc1ccnn1C. The van der Waals surface area contributed by atoms with E-state index in [9.17, 15) is 4.79 Å². The van der Waals surface area contributed by atoms with E-state index in [0.29, 0.717) is 19.6 Å². The molecule has 22 heavy (non-hydrogen) atoms. The molecule has 1 saturated heterocycles. The maximum absolute atomic E-state index is 12.2. The number of hydrogen-bond donors (Lipinski definition) is 1. The second kappa shape index (κ2) is 6.66. The number of rotatable bonds is 4. The Labute approximate surface area is 131 Å². The molecule has 1 aromatic heterocycles. The molecule has 0 spiro atoms. The lowest BCUT2D eigenvalue weighted by atomic mass is 10.2. The van der Waals surface area contributed by atoms with Crippen molar-refractivity contribution in [2.24, 2.45) is 7.05 Å². The minimum atomic E-state index is -0.486. The van der Waals surface area contributed by atoms with Gasteiger partial charge in [-0.2, -0.15) is 5.10 Å². The van der Waals surface area contributed by atoms with Crippen molar-refractivity contribution in [1.82, 2.24) is 20.0 Å². The Hall–Kier alpha value is -1.60. The summed E-state index contributed by atoms with van der Waals surface area (Å²) < 4.78 is 12.8. The van der Waals surface area contributed by atoms with E-state index in [1.807, 2.05) is 38.6 Å². The second-order valence-corrected chi connectivity index (χ2v) is 6.59. The lowest BCUT2D eigenvalue weighted by Gasteiger charge is -2.24. The van der Waals surface area contributed by atoms with Crippen molar-refractivity contribution in [2.45, 2.75) is 45.1 Å². The van der Waals surface area contributed by atoms with Gasteiger partial charge in [0.15, 0.2) is 0 Å². The number of amides is 1. The number of nitrogens with one attached hydrogen (secondary N) is 1. The summed E-state index contributed by atoms with van der Waals surface area (Å²) in [5, 5.41) is 7.58. The van der Waals surface area contributed by atoms with Gasteiger partial charge in [-0.1, -0.05) is 0 Å². The quantitative estimate of drug-likeness (QED) is 0.903. The summed E-state index contributed by atoms with van der Waals surface area (Å²) >= 11 is 0. The molecule has 1 amide bonds. The van der Waals surface area contributed by atoms with E-state index >= 15 is 0 Å². The van der Waals surface area contributed by atoms with Crippen molar-refractivity contribution in [1.29, 1.82) is 0 Å². The monoisotopic (exact) mass is 310 g/mol. The zero-order valence-electron chi connectivity index (χ0n) is 14.0. The summed E-state index contributed by atoms with van der Waals surface area (Å²) in [4.78, 5) is 13.9. The summed E-state index contributed by atoms with van der Waals surface area (Å²) in [6.45, 7) is 7.40. The summed E-state index contributed by atoms with van der Waals surface area (Å²) in [7, 11) is 3.58. The van der Waals surface area contributed by atoms with Crippen LogP contribution in [-0.2, 0) is 23.1 Å². The number of carbonyl (C=O) groups excluding carboxylic acids is 1. The zero-order chi connectivity index (χ0) is 16.3. The molecular formula is C15H26N4O3. The number of methoxy groups -OCH3 is 1. The molecule has 0 bridgehead atoms. The van der Waals surface area contributed by atoms with E-state index in [4.69, 9.17) is 9.47 Å². The van der Waals surface area contributed by atoms with Crippen LogP contribution >= 0.6 is 0 Å². The Morgan fingerprint density at radius 2 is 2.18 bits per heavy atom. The van der Waals surface area contributed by atoms with Crippen LogP contribution in [0.1, 0.15) is 26.5 Å². The molecule has 124 valence electrons. The van der Waals surface area contributed by atoms with Gasteiger partial charge in [0.25, 0.3) is 0 Å². The van der Waals surface area contributed by atoms with Gasteiger partial charge in [0.05, 0.1) is 24.4 Å². The molecule has 0 aromatic carbocycles. The Morgan fingerprint density at radius 3 is 2.73 bits per heavy atom. The highest BCUT2D eigenvalue weighted by molar-refractivity contribution is 5.68. The molecule has 0 radical (unpaired) electrons. The number of aromatic nitrogens is 2. The standard InChI is InChI=1S/C15H26N4O3/c1-15(2,3)22-14(20)19-9-12(13(10-19)21-5)16-8-11-6-7-17-18(11)4/h6-7,12-13,16H,8-10H2,1-5H3/t12?,13-/m0/s1. The molecule has 1 aliphatic rings. The lowest BCUT2D eigenvalue weighted by molar-refractivity contribution is 0.0252. The number of carbonyl (C=O) groups is 1. The summed E-state index contributed by atoms with van der Waals surface area (Å²) in [6, 6.07) is 2.04. The van der Waals surface area contributed by atoms with Gasteiger partial charge in [0.1, 0.15) is 5.60 Å². The first-order valence-corrected chi connectivity index (χ1v) is 7.51. The fraction of sp³-hybridized carbons (Fsp3) is 0.733. The maximum atomic E-state index is 12.2. The van der Waals surface area contributed by atoms with Crippen LogP contribution in [0.3, 0.4) is 0 Å². The third-order valence-corrected chi connectivity index (χ3v) is 3.69. The van der Waals surface area contributed by atoms with Crippen LogP contribution in [0, 0.1) is 0 Å². The van der Waals surface area contributed by atoms with E-state index in [2.05, 4.69) is 10.4 Å². The molecular weight excluding hydrogens is 284 g/mol. The Morgan fingerprint density at radius 1 is 1.45 bits per heavy atom. The van der Waals surface area contributed by atoms with Crippen molar-refractivity contribution in [3.05, 3.63) is 18.0 Å². The molecule has 2 heterocycles. The van der Waals surface area contributed by atoms with Gasteiger partial charge >= 0.3 is 6.09 Å². The molecule has 7 heteroatoms. The van der Waals surface area contributed by atoms with E-state index in [0.717, 1.165) is 5.69 Å². The third-order valence-electron chi connectivity index (χ3n) is 3.69. The summed E-state index contributed by atoms with van der Waals surface area (Å²) in [5.41, 5.74) is 0.602. The largest absolute Gasteiger partial charge is 0.444 e. The number of nitrogens with zero attached hydrogens (tertiary/aromatic N) is 3. The molecule has 1 N–H and O–H groups in total. The van der Waals surface area contributed by atoms with Crippen molar-refractivity contribution in [3.8, 4) is 0 Å². The normalized spacial score (nSPS) is 22.1. The minimum Gasteiger partial charge on any atom is -0.444 e. The van der Waals surface area contributed by atoms with Gasteiger partial charge in [-0.3, -0.25) is 4.68 Å². The van der Waals surface area contributed by atoms with Crippen LogP contribution in [-0.4, -0.2) is 58.7 Å². The molecule has 1 unspecified atom stereocenters. The first-order chi connectivity index (χ1) is 10.3. The van der Waals surface area contributed by atoms with E-state index in [1.165, 1.54) is 0 Å². The molecule has 0 saturated carbocycles. The zero-order valence-corrected chi connectivity index (χ0v) is 14.0. The fourth-order valence-corrected chi connectivity index (χ4v) is 2.49. The highest BCUT2D eigenvalue weighted by Gasteiger charge is 2.37. The molecule has 1 aliphatic heterocycles. The van der Waals surface area contributed by atoms with Gasteiger partial charge in [-0.05, 0) is 26.8 Å². The van der Waals surface area contributed by atoms with Crippen molar-refractivity contribution in [2.75, 3.05) is 20.2 Å². The van der Waals surface area contributed by atoms with Crippen LogP contribution in [0.2, 0.25) is 0 Å². The number of aryl methyl sites for hydroxylation is 1. The lowest BCUT2D eigenvalue weighted by Crippen LogP contribution is -2.40. The highest BCUT2D eigenvalue weighted by Crippen LogP contribution is 2.18. The van der Waals surface area contributed by atoms with Gasteiger partial charge in [0.2, 0.25) is 0 Å². The fourth-order valence-electron chi connectivity index (χ4n) is 2.49. The molecule has 2 rings (SSSR count). The van der Waals surface area contributed by atoms with Gasteiger partial charge in [-0.15, -0.1) is 0 Å². The summed E-state index contributed by atoms with van der Waals surface area (Å²) in [5.74, 6) is 0. The highest BCUT2D eigenvalue weighted by atomic mass is 16.6. The smallest absolute Gasteiger partial charge is 0.410 e. The van der Waals surface area contributed by atoms with Crippen LogP contribution in [0.5, 0.6) is 0 Å². The third kappa shape index (κ3) is 4.20. The van der Waals surface area contributed by atoms with Crippen LogP contribution in [0.25, 0.3) is 0 Å². The minimum absolute atomic E-state index is 0.0410. The molecule has 7 nitrogen and oxygen atoms in total. The average molecular weight is 310 g/mol. The van der Waals surface area contributed by atoms with Gasteiger partial charge in [0, 0.05) is 33.4 Å². The van der Waals surface area contributed by atoms with E-state index < -0.39 is 5.60 Å². The second-order valence-electron chi connectivity index (χ2n) is 6.59. The first-order valence-electron chi connectivity index (χ1n) is 7.51. The molecule has 2 atom stereocenters. The molecule has 0 aliphatic carbocycles. The predicted octanol–water partition coefficient (Wildman–Crippen LogP) is 1.14.